The molecule has 3 rings (SSSR count). The molecule has 2 aromatic carbocycles. The molecule has 0 spiro atoms. The maximum Gasteiger partial charge on any atom is 0.232 e. The largest absolute Gasteiger partial charge is 0.618 e. The van der Waals surface area contributed by atoms with E-state index in [2.05, 4.69) is 4.72 Å². The Morgan fingerprint density at radius 3 is 2.23 bits per heavy atom. The quantitative estimate of drug-likeness (QED) is 0.459. The number of anilines is 1. The first-order valence-electron chi connectivity index (χ1n) is 9.08. The highest BCUT2D eigenvalue weighted by atomic mass is 32.2. The third kappa shape index (κ3) is 4.68. The van der Waals surface area contributed by atoms with Crippen molar-refractivity contribution >= 4 is 15.7 Å². The smallest absolute Gasteiger partial charge is 0.232 e. The summed E-state index contributed by atoms with van der Waals surface area (Å²) in [5.74, 6) is -1.71. The summed E-state index contributed by atoms with van der Waals surface area (Å²) < 4.78 is 60.1. The van der Waals surface area contributed by atoms with Crippen LogP contribution < -0.4 is 14.2 Å². The molecule has 0 fully saturated rings. The highest BCUT2D eigenvalue weighted by Gasteiger charge is 2.17. The molecular weight excluding hydrogens is 414 g/mol. The van der Waals surface area contributed by atoms with E-state index in [1.165, 1.54) is 25.1 Å². The monoisotopic (exact) mass is 434 g/mol. The van der Waals surface area contributed by atoms with Crippen molar-refractivity contribution in [3.8, 4) is 22.6 Å². The molecule has 0 unspecified atom stereocenters. The van der Waals surface area contributed by atoms with Gasteiger partial charge in [-0.25, -0.2) is 17.2 Å². The maximum absolute atomic E-state index is 14.1. The van der Waals surface area contributed by atoms with Crippen LogP contribution in [-0.2, 0) is 10.0 Å². The van der Waals surface area contributed by atoms with Gasteiger partial charge in [-0.1, -0.05) is 0 Å². The molecule has 0 atom stereocenters. The van der Waals surface area contributed by atoms with E-state index in [4.69, 9.17) is 4.74 Å². The Morgan fingerprint density at radius 1 is 1.00 bits per heavy atom. The van der Waals surface area contributed by atoms with Crippen molar-refractivity contribution in [2.75, 3.05) is 10.5 Å². The normalized spacial score (nSPS) is 11.4. The second-order valence-corrected chi connectivity index (χ2v) is 8.73. The van der Waals surface area contributed by atoms with E-state index in [0.717, 1.165) is 16.9 Å². The molecule has 0 bridgehead atoms. The minimum Gasteiger partial charge on any atom is -0.618 e. The zero-order valence-corrected chi connectivity index (χ0v) is 17.4. The summed E-state index contributed by atoms with van der Waals surface area (Å²) in [6, 6.07) is 10.7. The van der Waals surface area contributed by atoms with Gasteiger partial charge in [-0.3, -0.25) is 4.72 Å². The Hall–Kier alpha value is -3.20. The second-order valence-electron chi connectivity index (χ2n) is 6.71. The average Bonchev–Trinajstić information content (AvgIpc) is 2.68. The van der Waals surface area contributed by atoms with Gasteiger partial charge in [0, 0.05) is 43.3 Å². The number of benzene rings is 2. The molecule has 0 amide bonds. The third-order valence-corrected chi connectivity index (χ3v) is 5.73. The van der Waals surface area contributed by atoms with E-state index in [1.54, 1.807) is 26.0 Å². The van der Waals surface area contributed by atoms with Crippen LogP contribution in [0.4, 0.5) is 14.5 Å². The molecule has 0 saturated carbocycles. The lowest BCUT2D eigenvalue weighted by atomic mass is 10.0. The van der Waals surface area contributed by atoms with Crippen LogP contribution in [0.3, 0.4) is 0 Å². The lowest BCUT2D eigenvalue weighted by molar-refractivity contribution is -0.619. The second kappa shape index (κ2) is 8.27. The molecule has 9 heteroatoms. The molecular formula is C21H20F2N2O4S. The van der Waals surface area contributed by atoms with E-state index in [0.29, 0.717) is 28.6 Å². The Bertz CT molecular complexity index is 1190. The van der Waals surface area contributed by atoms with Crippen LogP contribution in [0.5, 0.6) is 11.5 Å². The standard InChI is InChI=1S/C21H20F2N2O4S/c1-4-30(27,28)24-17-6-8-20(29-21-7-5-16(22)11-19(21)23)18(12-17)15-9-13(2)25(26)14(3)10-15/h5-12,24H,4H2,1-3H3. The van der Waals surface area contributed by atoms with E-state index < -0.39 is 21.7 Å². The molecule has 158 valence electrons. The van der Waals surface area contributed by atoms with Crippen LogP contribution >= 0.6 is 0 Å². The van der Waals surface area contributed by atoms with Crippen LogP contribution in [0.25, 0.3) is 11.1 Å². The highest BCUT2D eigenvalue weighted by molar-refractivity contribution is 7.92. The van der Waals surface area contributed by atoms with Crippen molar-refractivity contribution < 1.29 is 26.7 Å². The average molecular weight is 434 g/mol. The zero-order valence-electron chi connectivity index (χ0n) is 16.6. The van der Waals surface area contributed by atoms with Gasteiger partial charge < -0.3 is 9.94 Å². The van der Waals surface area contributed by atoms with E-state index in [-0.39, 0.29) is 22.9 Å². The Kier molecular flexibility index (Phi) is 5.93. The van der Waals surface area contributed by atoms with Gasteiger partial charge >= 0.3 is 0 Å². The van der Waals surface area contributed by atoms with Crippen molar-refractivity contribution in [2.24, 2.45) is 0 Å². The maximum atomic E-state index is 14.1. The van der Waals surface area contributed by atoms with E-state index >= 15 is 0 Å². The number of hydrogen-bond acceptors (Lipinski definition) is 4. The lowest BCUT2D eigenvalue weighted by Gasteiger charge is -2.15. The first-order valence-corrected chi connectivity index (χ1v) is 10.7. The summed E-state index contributed by atoms with van der Waals surface area (Å²) in [6.45, 7) is 4.77. The van der Waals surface area contributed by atoms with Gasteiger partial charge in [-0.05, 0) is 42.8 Å². The lowest BCUT2D eigenvalue weighted by Crippen LogP contribution is -2.33. The summed E-state index contributed by atoms with van der Waals surface area (Å²) in [5.41, 5.74) is 2.13. The number of aromatic nitrogens is 1. The van der Waals surface area contributed by atoms with Gasteiger partial charge in [0.2, 0.25) is 10.0 Å². The summed E-state index contributed by atoms with van der Waals surface area (Å²) in [4.78, 5) is 0. The van der Waals surface area contributed by atoms with Crippen LogP contribution in [0.1, 0.15) is 18.3 Å². The fourth-order valence-corrected chi connectivity index (χ4v) is 3.51. The SMILES string of the molecule is CCS(=O)(=O)Nc1ccc(Oc2ccc(F)cc2F)c(-c2cc(C)[n+]([O-])c(C)c2)c1. The molecule has 0 aliphatic heterocycles. The Morgan fingerprint density at radius 2 is 1.63 bits per heavy atom. The predicted molar refractivity (Wildman–Crippen MR) is 110 cm³/mol. The van der Waals surface area contributed by atoms with Gasteiger partial charge in [0.25, 0.3) is 0 Å². The van der Waals surface area contributed by atoms with Crippen LogP contribution in [0.2, 0.25) is 0 Å². The summed E-state index contributed by atoms with van der Waals surface area (Å²) in [6.07, 6.45) is 0. The number of pyridine rings is 1. The predicted octanol–water partition coefficient (Wildman–Crippen LogP) is 4.44. The molecule has 0 radical (unpaired) electrons. The minimum absolute atomic E-state index is 0.110. The molecule has 1 aromatic heterocycles. The number of hydrogen-bond donors (Lipinski definition) is 1. The topological polar surface area (TPSA) is 82.3 Å². The number of nitrogens with one attached hydrogen (secondary N) is 1. The van der Waals surface area contributed by atoms with Crippen molar-refractivity contribution in [1.29, 1.82) is 0 Å². The molecule has 1 N–H and O–H groups in total. The summed E-state index contributed by atoms with van der Waals surface area (Å²) in [7, 11) is -3.52. The third-order valence-electron chi connectivity index (χ3n) is 4.43. The van der Waals surface area contributed by atoms with Crippen LogP contribution in [0.15, 0.2) is 48.5 Å². The van der Waals surface area contributed by atoms with Crippen molar-refractivity contribution in [3.05, 3.63) is 76.8 Å². The molecule has 0 saturated heterocycles. The van der Waals surface area contributed by atoms with Crippen molar-refractivity contribution in [2.45, 2.75) is 20.8 Å². The van der Waals surface area contributed by atoms with E-state index in [9.17, 15) is 22.4 Å². The highest BCUT2D eigenvalue weighted by Crippen LogP contribution is 2.37. The van der Waals surface area contributed by atoms with Crippen LogP contribution in [0, 0.1) is 30.7 Å². The molecule has 0 aliphatic carbocycles. The fourth-order valence-electron chi connectivity index (χ4n) is 2.88. The number of nitrogens with zero attached hydrogens (tertiary/aromatic N) is 1. The molecule has 1 heterocycles. The molecule has 30 heavy (non-hydrogen) atoms. The van der Waals surface area contributed by atoms with Gasteiger partial charge in [0.15, 0.2) is 23.0 Å². The number of halogens is 2. The van der Waals surface area contributed by atoms with Crippen molar-refractivity contribution in [3.63, 3.8) is 0 Å². The zero-order chi connectivity index (χ0) is 22.1. The molecule has 3 aromatic rings. The van der Waals surface area contributed by atoms with E-state index in [1.807, 2.05) is 0 Å². The van der Waals surface area contributed by atoms with Gasteiger partial charge in [0.1, 0.15) is 11.6 Å². The van der Waals surface area contributed by atoms with Gasteiger partial charge in [-0.15, -0.1) is 0 Å². The number of sulfonamides is 1. The van der Waals surface area contributed by atoms with Gasteiger partial charge in [-0.2, -0.15) is 4.73 Å². The molecule has 6 nitrogen and oxygen atoms in total. The Labute approximate surface area is 173 Å². The van der Waals surface area contributed by atoms with Gasteiger partial charge in [0.05, 0.1) is 5.75 Å². The Balaban J connectivity index is 2.14. The number of aryl methyl sites for hydroxylation is 2. The first-order chi connectivity index (χ1) is 14.1. The first kappa shape index (κ1) is 21.5. The summed E-state index contributed by atoms with van der Waals surface area (Å²) >= 11 is 0. The van der Waals surface area contributed by atoms with Crippen molar-refractivity contribution in [1.82, 2.24) is 0 Å². The van der Waals surface area contributed by atoms with Crippen LogP contribution in [-0.4, -0.2) is 14.2 Å². The fraction of sp³-hybridized carbons (Fsp3) is 0.190. The molecule has 0 aliphatic rings. The minimum atomic E-state index is -3.52. The summed E-state index contributed by atoms with van der Waals surface area (Å²) in [5, 5.41) is 12.0. The number of rotatable bonds is 6. The number of ether oxygens (including phenoxy) is 1.